The van der Waals surface area contributed by atoms with Gasteiger partial charge in [0, 0.05) is 18.0 Å². The zero-order chi connectivity index (χ0) is 16.0. The molecule has 2 fully saturated rings. The topological polar surface area (TPSA) is 52.7 Å². The monoisotopic (exact) mass is 335 g/mol. The number of fused-ring (bicyclic) bond motifs is 1. The molecule has 1 aromatic rings. The predicted octanol–water partition coefficient (Wildman–Crippen LogP) is 1.96. The summed E-state index contributed by atoms with van der Waals surface area (Å²) in [7, 11) is 0. The molecule has 1 N–H and O–H groups in total. The fourth-order valence-corrected chi connectivity index (χ4v) is 4.90. The molecule has 3 aliphatic rings. The third kappa shape index (κ3) is 2.38. The van der Waals surface area contributed by atoms with Crippen molar-refractivity contribution in [3.05, 3.63) is 29.6 Å². The molecule has 0 aromatic heterocycles. The van der Waals surface area contributed by atoms with E-state index < -0.39 is 5.54 Å². The van der Waals surface area contributed by atoms with Crippen LogP contribution in [-0.4, -0.2) is 47.1 Å². The molecule has 0 radical (unpaired) electrons. The molecule has 0 saturated carbocycles. The van der Waals surface area contributed by atoms with E-state index in [0.717, 1.165) is 36.4 Å². The molecule has 7 heteroatoms. The first-order chi connectivity index (χ1) is 11.1. The molecule has 122 valence electrons. The Kier molecular flexibility index (Phi) is 3.48. The zero-order valence-corrected chi connectivity index (χ0v) is 13.5. The highest BCUT2D eigenvalue weighted by molar-refractivity contribution is 7.99. The molecule has 2 saturated heterocycles. The molecule has 1 spiro atoms. The summed E-state index contributed by atoms with van der Waals surface area (Å²) in [6.45, 7) is 0.906. The van der Waals surface area contributed by atoms with Gasteiger partial charge in [-0.3, -0.25) is 4.79 Å². The van der Waals surface area contributed by atoms with Crippen LogP contribution in [0.3, 0.4) is 0 Å². The van der Waals surface area contributed by atoms with E-state index >= 15 is 0 Å². The number of hydrogen-bond acceptors (Lipinski definition) is 4. The quantitative estimate of drug-likeness (QED) is 0.840. The van der Waals surface area contributed by atoms with Crippen LogP contribution in [-0.2, 0) is 11.2 Å². The highest BCUT2D eigenvalue weighted by atomic mass is 32.2. The summed E-state index contributed by atoms with van der Waals surface area (Å²) in [6, 6.07) is 4.41. The molecule has 1 aromatic carbocycles. The van der Waals surface area contributed by atoms with Crippen LogP contribution in [0.5, 0.6) is 0 Å². The molecule has 0 aliphatic carbocycles. The Bertz CT molecular complexity index is 675. The number of nitrogens with one attached hydrogen (secondary N) is 1. The van der Waals surface area contributed by atoms with Crippen molar-refractivity contribution in [2.24, 2.45) is 0 Å². The molecule has 5 nitrogen and oxygen atoms in total. The first kappa shape index (κ1) is 14.8. The van der Waals surface area contributed by atoms with E-state index in [1.807, 2.05) is 4.90 Å². The van der Waals surface area contributed by atoms with Crippen molar-refractivity contribution in [1.82, 2.24) is 10.2 Å². The number of benzene rings is 1. The van der Waals surface area contributed by atoms with Crippen molar-refractivity contribution in [2.75, 3.05) is 29.6 Å². The van der Waals surface area contributed by atoms with Gasteiger partial charge < -0.3 is 10.2 Å². The normalized spacial score (nSPS) is 26.8. The van der Waals surface area contributed by atoms with E-state index in [1.54, 1.807) is 17.8 Å². The maximum atomic E-state index is 13.6. The minimum absolute atomic E-state index is 0.143. The molecule has 1 atom stereocenters. The Hall–Kier alpha value is -1.76. The van der Waals surface area contributed by atoms with Gasteiger partial charge in [-0.15, -0.1) is 0 Å². The van der Waals surface area contributed by atoms with Gasteiger partial charge in [-0.05, 0) is 42.7 Å². The predicted molar refractivity (Wildman–Crippen MR) is 87.0 cm³/mol. The van der Waals surface area contributed by atoms with Crippen molar-refractivity contribution in [3.8, 4) is 0 Å². The lowest BCUT2D eigenvalue weighted by Crippen LogP contribution is -2.48. The average molecular weight is 335 g/mol. The van der Waals surface area contributed by atoms with E-state index in [0.29, 0.717) is 12.2 Å². The lowest BCUT2D eigenvalue weighted by molar-refractivity contribution is -0.130. The summed E-state index contributed by atoms with van der Waals surface area (Å²) in [4.78, 5) is 28.2. The number of carbonyl (C=O) groups excluding carboxylic acids is 2. The molecular formula is C16H18FN3O2S. The minimum Gasteiger partial charge on any atom is -0.353 e. The van der Waals surface area contributed by atoms with Crippen molar-refractivity contribution in [3.63, 3.8) is 0 Å². The summed E-state index contributed by atoms with van der Waals surface area (Å²) in [6.07, 6.45) is 2.51. The van der Waals surface area contributed by atoms with Crippen LogP contribution >= 0.6 is 11.8 Å². The van der Waals surface area contributed by atoms with E-state index in [4.69, 9.17) is 0 Å². The second-order valence-corrected chi connectivity index (χ2v) is 7.43. The molecule has 1 unspecified atom stereocenters. The molecule has 0 bridgehead atoms. The van der Waals surface area contributed by atoms with Crippen LogP contribution in [0.1, 0.15) is 18.4 Å². The lowest BCUT2D eigenvalue weighted by atomic mass is 9.99. The van der Waals surface area contributed by atoms with E-state index in [-0.39, 0.29) is 24.4 Å². The molecule has 3 aliphatic heterocycles. The molecule has 4 rings (SSSR count). The Balaban J connectivity index is 1.59. The Labute approximate surface area is 138 Å². The van der Waals surface area contributed by atoms with Crippen molar-refractivity contribution in [2.45, 2.75) is 24.8 Å². The van der Waals surface area contributed by atoms with Crippen LogP contribution in [0.15, 0.2) is 18.2 Å². The number of nitrogens with zero attached hydrogens (tertiary/aromatic N) is 2. The molecule has 3 heterocycles. The van der Waals surface area contributed by atoms with Gasteiger partial charge in [-0.25, -0.2) is 14.1 Å². The largest absolute Gasteiger partial charge is 0.353 e. The third-order valence-corrected chi connectivity index (χ3v) is 6.03. The van der Waals surface area contributed by atoms with Gasteiger partial charge in [-0.2, -0.15) is 11.8 Å². The van der Waals surface area contributed by atoms with Crippen molar-refractivity contribution < 1.29 is 14.0 Å². The highest BCUT2D eigenvalue weighted by Gasteiger charge is 2.53. The summed E-state index contributed by atoms with van der Waals surface area (Å²) < 4.78 is 13.6. The van der Waals surface area contributed by atoms with E-state index in [1.165, 1.54) is 17.0 Å². The SMILES string of the molecule is O=C1NC2(CCSC2)C(=O)N1CN1CCCc2ccc(F)cc21. The Morgan fingerprint density at radius 1 is 1.35 bits per heavy atom. The smallest absolute Gasteiger partial charge is 0.326 e. The average Bonchev–Trinajstić information content (AvgIpc) is 3.09. The maximum Gasteiger partial charge on any atom is 0.326 e. The summed E-state index contributed by atoms with van der Waals surface area (Å²) in [5, 5.41) is 2.87. The first-order valence-corrected chi connectivity index (χ1v) is 9.00. The van der Waals surface area contributed by atoms with Crippen LogP contribution in [0.25, 0.3) is 0 Å². The van der Waals surface area contributed by atoms with Crippen LogP contribution < -0.4 is 10.2 Å². The van der Waals surface area contributed by atoms with Crippen LogP contribution in [0, 0.1) is 5.82 Å². The zero-order valence-electron chi connectivity index (χ0n) is 12.7. The second kappa shape index (κ2) is 5.40. The third-order valence-electron chi connectivity index (χ3n) is 4.84. The summed E-state index contributed by atoms with van der Waals surface area (Å²) in [5.41, 5.74) is 1.14. The van der Waals surface area contributed by atoms with Gasteiger partial charge >= 0.3 is 6.03 Å². The lowest BCUT2D eigenvalue weighted by Gasteiger charge is -2.33. The van der Waals surface area contributed by atoms with E-state index in [9.17, 15) is 14.0 Å². The molecular weight excluding hydrogens is 317 g/mol. The first-order valence-electron chi connectivity index (χ1n) is 7.84. The number of imide groups is 1. The van der Waals surface area contributed by atoms with Gasteiger partial charge in [0.25, 0.3) is 5.91 Å². The van der Waals surface area contributed by atoms with E-state index in [2.05, 4.69) is 5.32 Å². The summed E-state index contributed by atoms with van der Waals surface area (Å²) >= 11 is 1.69. The maximum absolute atomic E-state index is 13.6. The Morgan fingerprint density at radius 3 is 3.00 bits per heavy atom. The van der Waals surface area contributed by atoms with Crippen LogP contribution in [0.2, 0.25) is 0 Å². The Morgan fingerprint density at radius 2 is 2.22 bits per heavy atom. The van der Waals surface area contributed by atoms with Gasteiger partial charge in [0.15, 0.2) is 0 Å². The van der Waals surface area contributed by atoms with Gasteiger partial charge in [0.2, 0.25) is 0 Å². The molecule has 3 amide bonds. The number of halogens is 1. The highest BCUT2D eigenvalue weighted by Crippen LogP contribution is 2.34. The molecule has 23 heavy (non-hydrogen) atoms. The van der Waals surface area contributed by atoms with Gasteiger partial charge in [-0.1, -0.05) is 6.07 Å². The number of anilines is 1. The van der Waals surface area contributed by atoms with Gasteiger partial charge in [0.05, 0.1) is 0 Å². The van der Waals surface area contributed by atoms with Gasteiger partial charge in [0.1, 0.15) is 18.0 Å². The summed E-state index contributed by atoms with van der Waals surface area (Å²) in [5.74, 6) is 1.09. The number of aryl methyl sites for hydroxylation is 1. The number of urea groups is 1. The van der Waals surface area contributed by atoms with Crippen molar-refractivity contribution in [1.29, 1.82) is 0 Å². The fraction of sp³-hybridized carbons (Fsp3) is 0.500. The number of amides is 3. The van der Waals surface area contributed by atoms with Crippen molar-refractivity contribution >= 4 is 29.4 Å². The standard InChI is InChI=1S/C16H18FN3O2S/c17-12-4-3-11-2-1-6-19(13(11)8-12)10-20-14(21)16(18-15(20)22)5-7-23-9-16/h3-4,8H,1-2,5-7,9-10H2,(H,18,22). The number of thioether (sulfide) groups is 1. The number of rotatable bonds is 2. The fourth-order valence-electron chi connectivity index (χ4n) is 3.58. The number of hydrogen-bond donors (Lipinski definition) is 1. The number of carbonyl (C=O) groups is 2. The second-order valence-electron chi connectivity index (χ2n) is 6.33. The minimum atomic E-state index is -0.720. The van der Waals surface area contributed by atoms with Crippen LogP contribution in [0.4, 0.5) is 14.9 Å².